The summed E-state index contributed by atoms with van der Waals surface area (Å²) in [5.41, 5.74) is 1.06. The van der Waals surface area contributed by atoms with E-state index in [-0.39, 0.29) is 5.56 Å². The van der Waals surface area contributed by atoms with Gasteiger partial charge in [-0.1, -0.05) is 0 Å². The lowest BCUT2D eigenvalue weighted by Crippen LogP contribution is -2.37. The predicted molar refractivity (Wildman–Crippen MR) is 87.1 cm³/mol. The lowest BCUT2D eigenvalue weighted by atomic mass is 10.2. The van der Waals surface area contributed by atoms with Gasteiger partial charge < -0.3 is 10.3 Å². The van der Waals surface area contributed by atoms with E-state index in [2.05, 4.69) is 20.2 Å². The van der Waals surface area contributed by atoms with E-state index in [1.807, 2.05) is 20.9 Å². The summed E-state index contributed by atoms with van der Waals surface area (Å²) >= 11 is 1.61. The van der Waals surface area contributed by atoms with Crippen LogP contribution in [0, 0.1) is 13.8 Å². The topological polar surface area (TPSA) is 61.0 Å². The Morgan fingerprint density at radius 1 is 1.48 bits per heavy atom. The van der Waals surface area contributed by atoms with Crippen LogP contribution in [0.4, 0.5) is 0 Å². The molecular formula is C15H22N4OS. The van der Waals surface area contributed by atoms with E-state index in [1.54, 1.807) is 11.3 Å². The number of thiophene rings is 1. The zero-order valence-electron chi connectivity index (χ0n) is 12.8. The highest BCUT2D eigenvalue weighted by Gasteiger charge is 2.24. The fraction of sp³-hybridized carbons (Fsp3) is 0.600. The monoisotopic (exact) mass is 306 g/mol. The van der Waals surface area contributed by atoms with Crippen LogP contribution in [-0.2, 0) is 6.54 Å². The van der Waals surface area contributed by atoms with E-state index in [4.69, 9.17) is 0 Å². The van der Waals surface area contributed by atoms with Gasteiger partial charge in [-0.25, -0.2) is 4.98 Å². The van der Waals surface area contributed by atoms with Gasteiger partial charge in [-0.15, -0.1) is 11.3 Å². The van der Waals surface area contributed by atoms with E-state index in [0.29, 0.717) is 6.04 Å². The van der Waals surface area contributed by atoms with E-state index in [9.17, 15) is 4.79 Å². The molecule has 1 aliphatic heterocycles. The number of aromatic nitrogens is 2. The van der Waals surface area contributed by atoms with Crippen LogP contribution in [0.25, 0.3) is 10.2 Å². The summed E-state index contributed by atoms with van der Waals surface area (Å²) in [6.45, 7) is 6.84. The number of likely N-dealkylation sites (N-methyl/N-ethyl adjacent to an activating group) is 1. The van der Waals surface area contributed by atoms with Crippen LogP contribution < -0.4 is 10.9 Å². The molecule has 2 aromatic heterocycles. The van der Waals surface area contributed by atoms with Crippen LogP contribution in [0.1, 0.15) is 29.1 Å². The van der Waals surface area contributed by atoms with Crippen molar-refractivity contribution >= 4 is 21.6 Å². The van der Waals surface area contributed by atoms with Gasteiger partial charge in [0.1, 0.15) is 10.7 Å². The molecule has 0 radical (unpaired) electrons. The van der Waals surface area contributed by atoms with Crippen LogP contribution in [0.15, 0.2) is 4.79 Å². The molecule has 1 aliphatic rings. The minimum absolute atomic E-state index is 0.00112. The molecule has 2 aromatic rings. The lowest BCUT2D eigenvalue weighted by Gasteiger charge is -2.23. The Labute approximate surface area is 128 Å². The number of rotatable bonds is 4. The molecule has 1 fully saturated rings. The first-order valence-electron chi connectivity index (χ1n) is 7.47. The molecular weight excluding hydrogens is 284 g/mol. The average Bonchev–Trinajstić information content (AvgIpc) is 2.96. The van der Waals surface area contributed by atoms with Gasteiger partial charge >= 0.3 is 0 Å². The molecule has 0 bridgehead atoms. The number of H-pyrrole nitrogens is 1. The highest BCUT2D eigenvalue weighted by molar-refractivity contribution is 7.18. The Morgan fingerprint density at radius 3 is 3.05 bits per heavy atom. The summed E-state index contributed by atoms with van der Waals surface area (Å²) in [5.74, 6) is 0.789. The van der Waals surface area contributed by atoms with Crippen LogP contribution in [0.3, 0.4) is 0 Å². The molecule has 0 saturated carbocycles. The predicted octanol–water partition coefficient (Wildman–Crippen LogP) is 1.79. The summed E-state index contributed by atoms with van der Waals surface area (Å²) in [6.07, 6.45) is 2.43. The van der Waals surface area contributed by atoms with Crippen LogP contribution in [-0.4, -0.2) is 41.0 Å². The third-order valence-corrected chi connectivity index (χ3v) is 5.48. The minimum atomic E-state index is 0.00112. The van der Waals surface area contributed by atoms with Crippen molar-refractivity contribution < 1.29 is 0 Å². The molecule has 1 atom stereocenters. The van der Waals surface area contributed by atoms with Crippen LogP contribution in [0.2, 0.25) is 0 Å². The maximum Gasteiger partial charge on any atom is 0.259 e. The van der Waals surface area contributed by atoms with Crippen molar-refractivity contribution in [3.05, 3.63) is 26.6 Å². The molecule has 1 saturated heterocycles. The quantitative estimate of drug-likeness (QED) is 0.904. The fourth-order valence-corrected chi connectivity index (χ4v) is 4.19. The van der Waals surface area contributed by atoms with E-state index >= 15 is 0 Å². The number of aryl methyl sites for hydroxylation is 2. The highest BCUT2D eigenvalue weighted by Crippen LogP contribution is 2.26. The molecule has 1 unspecified atom stereocenters. The number of hydrogen-bond donors (Lipinski definition) is 2. The number of hydrogen-bond acceptors (Lipinski definition) is 5. The lowest BCUT2D eigenvalue weighted by molar-refractivity contribution is 0.236. The Kier molecular flexibility index (Phi) is 4.10. The molecule has 21 heavy (non-hydrogen) atoms. The van der Waals surface area contributed by atoms with Gasteiger partial charge in [0, 0.05) is 17.5 Å². The molecule has 0 amide bonds. The second-order valence-electron chi connectivity index (χ2n) is 5.80. The normalized spacial score (nSPS) is 19.7. The van der Waals surface area contributed by atoms with Crippen molar-refractivity contribution in [3.8, 4) is 0 Å². The van der Waals surface area contributed by atoms with Gasteiger partial charge in [0.25, 0.3) is 5.56 Å². The first-order chi connectivity index (χ1) is 10.1. The Hall–Kier alpha value is -1.24. The zero-order valence-corrected chi connectivity index (χ0v) is 13.6. The molecule has 0 spiro atoms. The van der Waals surface area contributed by atoms with Crippen molar-refractivity contribution in [2.45, 2.75) is 39.3 Å². The molecule has 5 nitrogen and oxygen atoms in total. The third kappa shape index (κ3) is 2.75. The molecule has 3 heterocycles. The Balaban J connectivity index is 1.89. The Morgan fingerprint density at radius 2 is 2.29 bits per heavy atom. The minimum Gasteiger partial charge on any atom is -0.318 e. The van der Waals surface area contributed by atoms with Gasteiger partial charge in [-0.3, -0.25) is 9.69 Å². The van der Waals surface area contributed by atoms with Gasteiger partial charge in [-0.05, 0) is 45.8 Å². The largest absolute Gasteiger partial charge is 0.318 e. The van der Waals surface area contributed by atoms with Crippen molar-refractivity contribution in [2.75, 3.05) is 20.1 Å². The standard InChI is InChI=1S/C15H22N4OS/c1-9-10(2)21-15-13(9)14(20)17-12(18-15)8-19-6-4-5-11(19)7-16-3/h11,16H,4-8H2,1-3H3,(H,17,18,20). The van der Waals surface area contributed by atoms with Crippen molar-refractivity contribution in [2.24, 2.45) is 0 Å². The van der Waals surface area contributed by atoms with E-state index in [1.165, 1.54) is 17.7 Å². The first kappa shape index (κ1) is 14.7. The molecule has 114 valence electrons. The zero-order chi connectivity index (χ0) is 15.0. The van der Waals surface area contributed by atoms with E-state index in [0.717, 1.165) is 41.2 Å². The maximum absolute atomic E-state index is 12.3. The average molecular weight is 306 g/mol. The molecule has 2 N–H and O–H groups in total. The van der Waals surface area contributed by atoms with Crippen LogP contribution >= 0.6 is 11.3 Å². The van der Waals surface area contributed by atoms with Crippen LogP contribution in [0.5, 0.6) is 0 Å². The van der Waals surface area contributed by atoms with Gasteiger partial charge in [0.2, 0.25) is 0 Å². The smallest absolute Gasteiger partial charge is 0.259 e. The fourth-order valence-electron chi connectivity index (χ4n) is 3.14. The summed E-state index contributed by atoms with van der Waals surface area (Å²) in [4.78, 5) is 24.4. The van der Waals surface area contributed by atoms with Gasteiger partial charge in [0.05, 0.1) is 11.9 Å². The highest BCUT2D eigenvalue weighted by atomic mass is 32.1. The second-order valence-corrected chi connectivity index (χ2v) is 7.00. The molecule has 3 rings (SSSR count). The summed E-state index contributed by atoms with van der Waals surface area (Å²) in [6, 6.07) is 0.544. The van der Waals surface area contributed by atoms with Crippen molar-refractivity contribution in [3.63, 3.8) is 0 Å². The second kappa shape index (κ2) is 5.87. The number of fused-ring (bicyclic) bond motifs is 1. The van der Waals surface area contributed by atoms with E-state index < -0.39 is 0 Å². The summed E-state index contributed by atoms with van der Waals surface area (Å²) in [7, 11) is 1.99. The first-order valence-corrected chi connectivity index (χ1v) is 8.29. The number of likely N-dealkylation sites (tertiary alicyclic amines) is 1. The van der Waals surface area contributed by atoms with Gasteiger partial charge in [-0.2, -0.15) is 0 Å². The van der Waals surface area contributed by atoms with Crippen molar-refractivity contribution in [1.29, 1.82) is 0 Å². The van der Waals surface area contributed by atoms with Crippen molar-refractivity contribution in [1.82, 2.24) is 20.2 Å². The number of nitrogens with zero attached hydrogens (tertiary/aromatic N) is 2. The molecule has 0 aromatic carbocycles. The third-order valence-electron chi connectivity index (χ3n) is 4.38. The van der Waals surface area contributed by atoms with Gasteiger partial charge in [0.15, 0.2) is 0 Å². The Bertz CT molecular complexity index is 705. The molecule has 0 aliphatic carbocycles. The maximum atomic E-state index is 12.3. The molecule has 6 heteroatoms. The number of nitrogens with one attached hydrogen (secondary N) is 2. The SMILES string of the molecule is CNCC1CCCN1Cc1nc2sc(C)c(C)c2c(=O)[nH]1. The number of aromatic amines is 1. The summed E-state index contributed by atoms with van der Waals surface area (Å²) < 4.78 is 0. The summed E-state index contributed by atoms with van der Waals surface area (Å²) in [5, 5.41) is 4.00.